The van der Waals surface area contributed by atoms with Gasteiger partial charge in [0.15, 0.2) is 5.58 Å². The number of fused-ring (bicyclic) bond motifs is 1. The summed E-state index contributed by atoms with van der Waals surface area (Å²) in [6.45, 7) is 0.444. The van der Waals surface area contributed by atoms with Crippen LogP contribution in [0.5, 0.6) is 0 Å². The Hall–Kier alpha value is -3.02. The third kappa shape index (κ3) is 2.85. The van der Waals surface area contributed by atoms with Crippen molar-refractivity contribution in [3.63, 3.8) is 0 Å². The van der Waals surface area contributed by atoms with E-state index in [0.717, 1.165) is 5.56 Å². The highest BCUT2D eigenvalue weighted by Crippen LogP contribution is 2.17. The fraction of sp³-hybridized carbons (Fsp3) is 0.125. The molecule has 3 aromatic rings. The third-order valence-electron chi connectivity index (χ3n) is 3.35. The predicted octanol–water partition coefficient (Wildman–Crippen LogP) is 2.45. The number of rotatable bonds is 3. The third-order valence-corrected chi connectivity index (χ3v) is 3.35. The minimum Gasteiger partial charge on any atom is -0.408 e. The number of aryl methyl sites for hydroxylation is 1. The van der Waals surface area contributed by atoms with Gasteiger partial charge < -0.3 is 15.1 Å². The first-order valence-electron chi connectivity index (χ1n) is 6.82. The van der Waals surface area contributed by atoms with Crippen LogP contribution in [0.25, 0.3) is 11.1 Å². The second kappa shape index (κ2) is 5.77. The Balaban J connectivity index is 1.68. The molecule has 6 nitrogen and oxygen atoms in total. The Morgan fingerprint density at radius 1 is 1.18 bits per heavy atom. The molecular formula is C16H15N3O3. The smallest absolute Gasteiger partial charge is 0.408 e. The van der Waals surface area contributed by atoms with Crippen LogP contribution in [-0.4, -0.2) is 10.6 Å². The van der Waals surface area contributed by atoms with E-state index in [2.05, 4.69) is 10.6 Å². The van der Waals surface area contributed by atoms with Gasteiger partial charge in [0.25, 0.3) is 0 Å². The van der Waals surface area contributed by atoms with Crippen molar-refractivity contribution in [2.45, 2.75) is 6.54 Å². The summed E-state index contributed by atoms with van der Waals surface area (Å²) in [4.78, 5) is 23.3. The van der Waals surface area contributed by atoms with Crippen LogP contribution in [0.15, 0.2) is 57.7 Å². The number of urea groups is 1. The Bertz CT molecular complexity index is 865. The molecule has 112 valence electrons. The number of nitrogens with one attached hydrogen (secondary N) is 2. The van der Waals surface area contributed by atoms with E-state index < -0.39 is 5.76 Å². The van der Waals surface area contributed by atoms with Gasteiger partial charge in [-0.1, -0.05) is 30.3 Å². The number of hydrogen-bond donors (Lipinski definition) is 2. The summed E-state index contributed by atoms with van der Waals surface area (Å²) in [6, 6.07) is 14.4. The van der Waals surface area contributed by atoms with Crippen molar-refractivity contribution < 1.29 is 9.21 Å². The maximum absolute atomic E-state index is 11.9. The van der Waals surface area contributed by atoms with Gasteiger partial charge in [-0.15, -0.1) is 0 Å². The first-order chi connectivity index (χ1) is 10.6. The highest BCUT2D eigenvalue weighted by atomic mass is 16.4. The number of carbonyl (C=O) groups is 1. The molecule has 1 aromatic heterocycles. The molecule has 22 heavy (non-hydrogen) atoms. The molecule has 2 aromatic carbocycles. The van der Waals surface area contributed by atoms with Crippen molar-refractivity contribution in [3.8, 4) is 0 Å². The number of carbonyl (C=O) groups excluding carboxylic acids is 1. The normalized spacial score (nSPS) is 10.6. The zero-order chi connectivity index (χ0) is 15.5. The average Bonchev–Trinajstić information content (AvgIpc) is 2.81. The molecule has 0 saturated carbocycles. The molecule has 6 heteroatoms. The summed E-state index contributed by atoms with van der Waals surface area (Å²) in [6.07, 6.45) is 0. The molecule has 2 N–H and O–H groups in total. The molecule has 0 bridgehead atoms. The summed E-state index contributed by atoms with van der Waals surface area (Å²) in [5, 5.41) is 5.51. The minimum atomic E-state index is -0.430. The van der Waals surface area contributed by atoms with Crippen molar-refractivity contribution in [1.29, 1.82) is 0 Å². The first-order valence-corrected chi connectivity index (χ1v) is 6.82. The number of amides is 2. The molecular weight excluding hydrogens is 282 g/mol. The van der Waals surface area contributed by atoms with Crippen LogP contribution in [0.4, 0.5) is 10.5 Å². The predicted molar refractivity (Wildman–Crippen MR) is 83.8 cm³/mol. The molecule has 0 spiro atoms. The van der Waals surface area contributed by atoms with Gasteiger partial charge >= 0.3 is 11.8 Å². The van der Waals surface area contributed by atoms with Gasteiger partial charge in [-0.05, 0) is 23.8 Å². The van der Waals surface area contributed by atoms with Gasteiger partial charge in [-0.2, -0.15) is 0 Å². The topological polar surface area (TPSA) is 76.3 Å². The molecule has 0 atom stereocenters. The zero-order valence-electron chi connectivity index (χ0n) is 12.0. The van der Waals surface area contributed by atoms with Crippen LogP contribution in [0.3, 0.4) is 0 Å². The maximum atomic E-state index is 11.9. The average molecular weight is 297 g/mol. The van der Waals surface area contributed by atoms with Crippen molar-refractivity contribution in [1.82, 2.24) is 9.88 Å². The number of nitrogens with zero attached hydrogens (tertiary/aromatic N) is 1. The van der Waals surface area contributed by atoms with Gasteiger partial charge in [0, 0.05) is 19.3 Å². The van der Waals surface area contributed by atoms with Crippen molar-refractivity contribution in [2.75, 3.05) is 5.32 Å². The van der Waals surface area contributed by atoms with Crippen LogP contribution in [-0.2, 0) is 13.6 Å². The lowest BCUT2D eigenvalue weighted by atomic mass is 10.2. The number of hydrogen-bond acceptors (Lipinski definition) is 3. The Morgan fingerprint density at radius 2 is 1.95 bits per heavy atom. The van der Waals surface area contributed by atoms with Gasteiger partial charge in [0.2, 0.25) is 0 Å². The second-order valence-electron chi connectivity index (χ2n) is 4.90. The number of anilines is 1. The first kappa shape index (κ1) is 13.9. The fourth-order valence-corrected chi connectivity index (χ4v) is 2.16. The van der Waals surface area contributed by atoms with Gasteiger partial charge in [-0.25, -0.2) is 9.59 Å². The van der Waals surface area contributed by atoms with E-state index in [1.165, 1.54) is 4.57 Å². The van der Waals surface area contributed by atoms with E-state index in [1.54, 1.807) is 25.2 Å². The molecule has 0 unspecified atom stereocenters. The van der Waals surface area contributed by atoms with Crippen molar-refractivity contribution in [3.05, 3.63) is 64.6 Å². The zero-order valence-corrected chi connectivity index (χ0v) is 12.0. The van der Waals surface area contributed by atoms with Crippen molar-refractivity contribution in [2.24, 2.45) is 7.05 Å². The Labute approximate surface area is 126 Å². The van der Waals surface area contributed by atoms with Crippen molar-refractivity contribution >= 4 is 22.8 Å². The molecule has 0 radical (unpaired) electrons. The van der Waals surface area contributed by atoms with Crippen LogP contribution in [0.1, 0.15) is 5.56 Å². The van der Waals surface area contributed by atoms with E-state index in [1.807, 2.05) is 30.3 Å². The lowest BCUT2D eigenvalue weighted by Gasteiger charge is -2.07. The largest absolute Gasteiger partial charge is 0.419 e. The van der Waals surface area contributed by atoms with Gasteiger partial charge in [0.05, 0.1) is 5.52 Å². The Kier molecular flexibility index (Phi) is 3.65. The summed E-state index contributed by atoms with van der Waals surface area (Å²) in [5.41, 5.74) is 2.73. The van der Waals surface area contributed by atoms with E-state index in [9.17, 15) is 9.59 Å². The molecule has 3 rings (SSSR count). The highest BCUT2D eigenvalue weighted by Gasteiger charge is 2.08. The minimum absolute atomic E-state index is 0.309. The molecule has 0 saturated heterocycles. The van der Waals surface area contributed by atoms with Crippen LogP contribution < -0.4 is 16.4 Å². The fourth-order valence-electron chi connectivity index (χ4n) is 2.16. The van der Waals surface area contributed by atoms with Gasteiger partial charge in [0.1, 0.15) is 0 Å². The van der Waals surface area contributed by atoms with Crippen LogP contribution in [0.2, 0.25) is 0 Å². The molecule has 0 aliphatic rings. The van der Waals surface area contributed by atoms with E-state index >= 15 is 0 Å². The van der Waals surface area contributed by atoms with E-state index in [4.69, 9.17) is 4.42 Å². The van der Waals surface area contributed by atoms with Crippen LogP contribution >= 0.6 is 0 Å². The van der Waals surface area contributed by atoms with E-state index in [-0.39, 0.29) is 6.03 Å². The summed E-state index contributed by atoms with van der Waals surface area (Å²) >= 11 is 0. The van der Waals surface area contributed by atoms with E-state index in [0.29, 0.717) is 23.3 Å². The second-order valence-corrected chi connectivity index (χ2v) is 4.90. The maximum Gasteiger partial charge on any atom is 0.419 e. The monoisotopic (exact) mass is 297 g/mol. The van der Waals surface area contributed by atoms with Crippen LogP contribution in [0, 0.1) is 0 Å². The number of benzene rings is 2. The van der Waals surface area contributed by atoms with Gasteiger partial charge in [-0.3, -0.25) is 4.57 Å². The molecule has 1 heterocycles. The summed E-state index contributed by atoms with van der Waals surface area (Å²) < 4.78 is 6.43. The molecule has 0 fully saturated rings. The quantitative estimate of drug-likeness (QED) is 0.779. The lowest BCUT2D eigenvalue weighted by Crippen LogP contribution is -2.28. The molecule has 2 amide bonds. The standard InChI is InChI=1S/C16H15N3O3/c1-19-13-9-12(7-8-14(13)22-16(19)21)18-15(20)17-10-11-5-3-2-4-6-11/h2-9H,10H2,1H3,(H2,17,18,20). The number of aromatic nitrogens is 1. The molecule has 0 aliphatic carbocycles. The highest BCUT2D eigenvalue weighted by molar-refractivity contribution is 5.91. The summed E-state index contributed by atoms with van der Waals surface area (Å²) in [5.74, 6) is -0.430. The molecule has 0 aliphatic heterocycles. The number of oxazole rings is 1. The lowest BCUT2D eigenvalue weighted by molar-refractivity contribution is 0.251. The SMILES string of the molecule is Cn1c(=O)oc2ccc(NC(=O)NCc3ccccc3)cc21. The Morgan fingerprint density at radius 3 is 2.73 bits per heavy atom. The summed E-state index contributed by atoms with van der Waals surface area (Å²) in [7, 11) is 1.62.